The zero-order valence-electron chi connectivity index (χ0n) is 10.7. The van der Waals surface area contributed by atoms with E-state index in [1.165, 1.54) is 0 Å². The molecule has 0 unspecified atom stereocenters. The number of hydrogen-bond acceptors (Lipinski definition) is 1. The molecule has 0 fully saturated rings. The summed E-state index contributed by atoms with van der Waals surface area (Å²) in [5.74, 6) is 0. The largest absolute Gasteiger partial charge is 0.322 e. The normalized spacial score (nSPS) is 10.8. The monoisotopic (exact) mass is 254 g/mol. The number of nitrogens with zero attached hydrogens (tertiary/aromatic N) is 1. The van der Waals surface area contributed by atoms with Crippen LogP contribution in [0.15, 0.2) is 24.3 Å². The van der Waals surface area contributed by atoms with Gasteiger partial charge in [-0.3, -0.25) is 0 Å². The first-order valence-electron chi connectivity index (χ1n) is 5.76. The van der Waals surface area contributed by atoms with Gasteiger partial charge in [0.05, 0.1) is 0 Å². The van der Waals surface area contributed by atoms with Crippen molar-refractivity contribution >= 4 is 23.3 Å². The Kier molecular flexibility index (Phi) is 4.82. The Morgan fingerprint density at radius 1 is 1.24 bits per heavy atom. The lowest BCUT2D eigenvalue weighted by molar-refractivity contribution is 0.178. The standard InChI is InChI=1S/C13H19ClN2O/c1-9(2)16(10(3)4)13(17)15-12-7-5-6-11(14)8-12/h5-10H,1-4H3,(H,15,17). The Hall–Kier alpha value is -1.22. The van der Waals surface area contributed by atoms with Crippen molar-refractivity contribution in [2.24, 2.45) is 0 Å². The molecule has 2 amide bonds. The van der Waals surface area contributed by atoms with Crippen molar-refractivity contribution in [1.29, 1.82) is 0 Å². The molecule has 0 saturated heterocycles. The number of hydrogen-bond donors (Lipinski definition) is 1. The van der Waals surface area contributed by atoms with Gasteiger partial charge in [-0.1, -0.05) is 17.7 Å². The third-order valence-electron chi connectivity index (χ3n) is 2.42. The lowest BCUT2D eigenvalue weighted by Gasteiger charge is -2.30. The molecule has 17 heavy (non-hydrogen) atoms. The lowest BCUT2D eigenvalue weighted by atomic mass is 10.2. The van der Waals surface area contributed by atoms with Crippen molar-refractivity contribution in [3.8, 4) is 0 Å². The molecule has 3 nitrogen and oxygen atoms in total. The van der Waals surface area contributed by atoms with Crippen LogP contribution in [0.5, 0.6) is 0 Å². The van der Waals surface area contributed by atoms with Gasteiger partial charge in [0.15, 0.2) is 0 Å². The fourth-order valence-corrected chi connectivity index (χ4v) is 2.01. The first-order chi connectivity index (χ1) is 7.91. The SMILES string of the molecule is CC(C)N(C(=O)Nc1cccc(Cl)c1)C(C)C. The molecule has 1 rings (SSSR count). The van der Waals surface area contributed by atoms with Gasteiger partial charge in [-0.25, -0.2) is 4.79 Å². The number of rotatable bonds is 3. The molecule has 4 heteroatoms. The maximum atomic E-state index is 12.1. The van der Waals surface area contributed by atoms with E-state index in [9.17, 15) is 4.79 Å². The first kappa shape index (κ1) is 13.8. The molecule has 0 bridgehead atoms. The lowest BCUT2D eigenvalue weighted by Crippen LogP contribution is -2.44. The molecule has 0 saturated carbocycles. The molecule has 1 N–H and O–H groups in total. The fraction of sp³-hybridized carbons (Fsp3) is 0.462. The molecular formula is C13H19ClN2O. The second-order valence-electron chi connectivity index (χ2n) is 4.54. The number of anilines is 1. The third kappa shape index (κ3) is 3.93. The molecule has 1 aromatic carbocycles. The van der Waals surface area contributed by atoms with Crippen LogP contribution in [0.1, 0.15) is 27.7 Å². The van der Waals surface area contributed by atoms with Crippen LogP contribution in [0.3, 0.4) is 0 Å². The quantitative estimate of drug-likeness (QED) is 0.869. The summed E-state index contributed by atoms with van der Waals surface area (Å²) in [5.41, 5.74) is 0.716. The summed E-state index contributed by atoms with van der Waals surface area (Å²) in [6.45, 7) is 7.99. The van der Waals surface area contributed by atoms with Gasteiger partial charge in [0.1, 0.15) is 0 Å². The average molecular weight is 255 g/mol. The van der Waals surface area contributed by atoms with E-state index >= 15 is 0 Å². The Balaban J connectivity index is 2.77. The van der Waals surface area contributed by atoms with Crippen LogP contribution in [0, 0.1) is 0 Å². The van der Waals surface area contributed by atoms with E-state index in [1.54, 1.807) is 17.0 Å². The molecule has 0 heterocycles. The smallest absolute Gasteiger partial charge is 0.320 e. The van der Waals surface area contributed by atoms with Crippen LogP contribution in [-0.2, 0) is 0 Å². The number of carbonyl (C=O) groups is 1. The van der Waals surface area contributed by atoms with E-state index < -0.39 is 0 Å². The molecular weight excluding hydrogens is 236 g/mol. The van der Waals surface area contributed by atoms with Gasteiger partial charge in [-0.2, -0.15) is 0 Å². The molecule has 1 aromatic rings. The summed E-state index contributed by atoms with van der Waals surface area (Å²) in [7, 11) is 0. The number of nitrogens with one attached hydrogen (secondary N) is 1. The van der Waals surface area contributed by atoms with Gasteiger partial charge < -0.3 is 10.2 Å². The second kappa shape index (κ2) is 5.92. The average Bonchev–Trinajstić information content (AvgIpc) is 2.15. The maximum absolute atomic E-state index is 12.1. The van der Waals surface area contributed by atoms with Crippen molar-refractivity contribution in [2.45, 2.75) is 39.8 Å². The van der Waals surface area contributed by atoms with E-state index in [0.717, 1.165) is 0 Å². The van der Waals surface area contributed by atoms with Crippen LogP contribution in [0.25, 0.3) is 0 Å². The number of halogens is 1. The van der Waals surface area contributed by atoms with E-state index in [0.29, 0.717) is 10.7 Å². The van der Waals surface area contributed by atoms with Crippen LogP contribution in [0.2, 0.25) is 5.02 Å². The molecule has 0 aliphatic rings. The van der Waals surface area contributed by atoms with Crippen LogP contribution in [0.4, 0.5) is 10.5 Å². The van der Waals surface area contributed by atoms with E-state index in [4.69, 9.17) is 11.6 Å². The van der Waals surface area contributed by atoms with E-state index in [1.807, 2.05) is 39.8 Å². The summed E-state index contributed by atoms with van der Waals surface area (Å²) in [5, 5.41) is 3.46. The van der Waals surface area contributed by atoms with Crippen molar-refractivity contribution in [3.05, 3.63) is 29.3 Å². The Morgan fingerprint density at radius 3 is 2.29 bits per heavy atom. The first-order valence-corrected chi connectivity index (χ1v) is 6.14. The minimum Gasteiger partial charge on any atom is -0.320 e. The minimum absolute atomic E-state index is 0.0998. The van der Waals surface area contributed by atoms with Crippen molar-refractivity contribution in [1.82, 2.24) is 4.90 Å². The summed E-state index contributed by atoms with van der Waals surface area (Å²) in [6, 6.07) is 7.37. The van der Waals surface area contributed by atoms with Crippen molar-refractivity contribution in [3.63, 3.8) is 0 Å². The molecule has 0 aliphatic carbocycles. The van der Waals surface area contributed by atoms with E-state index in [-0.39, 0.29) is 18.1 Å². The Bertz CT molecular complexity index is 383. The van der Waals surface area contributed by atoms with Crippen LogP contribution in [-0.4, -0.2) is 23.0 Å². The second-order valence-corrected chi connectivity index (χ2v) is 4.97. The molecule has 0 spiro atoms. The van der Waals surface area contributed by atoms with Gasteiger partial charge in [0.2, 0.25) is 0 Å². The summed E-state index contributed by atoms with van der Waals surface area (Å²) < 4.78 is 0. The predicted molar refractivity (Wildman–Crippen MR) is 72.6 cm³/mol. The van der Waals surface area contributed by atoms with Crippen molar-refractivity contribution in [2.75, 3.05) is 5.32 Å². The van der Waals surface area contributed by atoms with Gasteiger partial charge in [-0.05, 0) is 45.9 Å². The molecule has 0 aliphatic heterocycles. The van der Waals surface area contributed by atoms with Gasteiger partial charge in [0.25, 0.3) is 0 Å². The predicted octanol–water partition coefficient (Wildman–Crippen LogP) is 3.99. The molecule has 0 atom stereocenters. The van der Waals surface area contributed by atoms with Gasteiger partial charge in [0, 0.05) is 22.8 Å². The fourth-order valence-electron chi connectivity index (χ4n) is 1.82. The highest BCUT2D eigenvalue weighted by Crippen LogP contribution is 2.16. The highest BCUT2D eigenvalue weighted by molar-refractivity contribution is 6.30. The third-order valence-corrected chi connectivity index (χ3v) is 2.66. The van der Waals surface area contributed by atoms with Crippen LogP contribution < -0.4 is 5.32 Å². The summed E-state index contributed by atoms with van der Waals surface area (Å²) in [4.78, 5) is 13.9. The minimum atomic E-state index is -0.0998. The summed E-state index contributed by atoms with van der Waals surface area (Å²) >= 11 is 5.87. The molecule has 0 radical (unpaired) electrons. The maximum Gasteiger partial charge on any atom is 0.322 e. The van der Waals surface area contributed by atoms with Crippen molar-refractivity contribution < 1.29 is 4.79 Å². The van der Waals surface area contributed by atoms with E-state index in [2.05, 4.69) is 5.32 Å². The van der Waals surface area contributed by atoms with Gasteiger partial charge >= 0.3 is 6.03 Å². The van der Waals surface area contributed by atoms with Gasteiger partial charge in [-0.15, -0.1) is 0 Å². The highest BCUT2D eigenvalue weighted by atomic mass is 35.5. The zero-order chi connectivity index (χ0) is 13.0. The summed E-state index contributed by atoms with van der Waals surface area (Å²) in [6.07, 6.45) is 0. The van der Waals surface area contributed by atoms with Crippen LogP contribution >= 0.6 is 11.6 Å². The topological polar surface area (TPSA) is 32.3 Å². The Morgan fingerprint density at radius 2 is 1.82 bits per heavy atom. The number of benzene rings is 1. The number of carbonyl (C=O) groups excluding carboxylic acids is 1. The number of urea groups is 1. The number of amides is 2. The Labute approximate surface area is 108 Å². The molecule has 94 valence electrons. The zero-order valence-corrected chi connectivity index (χ0v) is 11.5. The highest BCUT2D eigenvalue weighted by Gasteiger charge is 2.19. The molecule has 0 aromatic heterocycles.